The van der Waals surface area contributed by atoms with Gasteiger partial charge in [0.25, 0.3) is 0 Å². The molecule has 0 amide bonds. The lowest BCUT2D eigenvalue weighted by atomic mass is 9.87. The minimum atomic E-state index is 0.476. The van der Waals surface area contributed by atoms with Gasteiger partial charge >= 0.3 is 0 Å². The van der Waals surface area contributed by atoms with Gasteiger partial charge in [0.2, 0.25) is 0 Å². The van der Waals surface area contributed by atoms with Crippen LogP contribution in [0.25, 0.3) is 0 Å². The van der Waals surface area contributed by atoms with E-state index >= 15 is 0 Å². The lowest BCUT2D eigenvalue weighted by Crippen LogP contribution is -2.31. The van der Waals surface area contributed by atoms with Gasteiger partial charge in [-0.05, 0) is 24.3 Å². The minimum Gasteiger partial charge on any atom is -0.316 e. The van der Waals surface area contributed by atoms with E-state index in [1.165, 1.54) is 25.7 Å². The van der Waals surface area contributed by atoms with Gasteiger partial charge in [-0.3, -0.25) is 0 Å². The standard InChI is InChI=1S/C13H29N/c1-6-7-8-9-13(4,5)11-14-10-12(2)3/h12,14H,6-11H2,1-5H3. The highest BCUT2D eigenvalue weighted by molar-refractivity contribution is 4.71. The summed E-state index contributed by atoms with van der Waals surface area (Å²) < 4.78 is 0. The van der Waals surface area contributed by atoms with Crippen LogP contribution in [0, 0.1) is 11.3 Å². The molecule has 0 aliphatic rings. The van der Waals surface area contributed by atoms with E-state index in [1.807, 2.05) is 0 Å². The van der Waals surface area contributed by atoms with E-state index in [0.29, 0.717) is 5.41 Å². The van der Waals surface area contributed by atoms with Gasteiger partial charge in [-0.15, -0.1) is 0 Å². The van der Waals surface area contributed by atoms with E-state index in [-0.39, 0.29) is 0 Å². The van der Waals surface area contributed by atoms with Crippen molar-refractivity contribution in [2.75, 3.05) is 13.1 Å². The van der Waals surface area contributed by atoms with Crippen molar-refractivity contribution in [3.05, 3.63) is 0 Å². The van der Waals surface area contributed by atoms with Crippen molar-refractivity contribution in [3.8, 4) is 0 Å². The van der Waals surface area contributed by atoms with Crippen LogP contribution in [-0.4, -0.2) is 13.1 Å². The average molecular weight is 199 g/mol. The third kappa shape index (κ3) is 8.55. The highest BCUT2D eigenvalue weighted by Gasteiger charge is 2.16. The Morgan fingerprint density at radius 3 is 2.29 bits per heavy atom. The topological polar surface area (TPSA) is 12.0 Å². The monoisotopic (exact) mass is 199 g/mol. The van der Waals surface area contributed by atoms with Crippen LogP contribution in [0.15, 0.2) is 0 Å². The molecule has 0 aromatic carbocycles. The molecule has 0 radical (unpaired) electrons. The first-order chi connectivity index (χ1) is 6.48. The lowest BCUT2D eigenvalue weighted by molar-refractivity contribution is 0.297. The fourth-order valence-electron chi connectivity index (χ4n) is 1.64. The Bertz CT molecular complexity index is 127. The number of unbranched alkanes of at least 4 members (excludes halogenated alkanes) is 2. The summed E-state index contributed by atoms with van der Waals surface area (Å²) in [5.74, 6) is 0.765. The van der Waals surface area contributed by atoms with Gasteiger partial charge in [-0.1, -0.05) is 53.9 Å². The summed E-state index contributed by atoms with van der Waals surface area (Å²) in [4.78, 5) is 0. The SMILES string of the molecule is CCCCCC(C)(C)CNCC(C)C. The van der Waals surface area contributed by atoms with Crippen LogP contribution >= 0.6 is 0 Å². The third-order valence-corrected chi connectivity index (χ3v) is 2.61. The van der Waals surface area contributed by atoms with E-state index in [1.54, 1.807) is 0 Å². The van der Waals surface area contributed by atoms with Gasteiger partial charge in [0.15, 0.2) is 0 Å². The summed E-state index contributed by atoms with van der Waals surface area (Å²) in [5.41, 5.74) is 0.476. The maximum absolute atomic E-state index is 3.55. The molecule has 0 aliphatic heterocycles. The van der Waals surface area contributed by atoms with Crippen LogP contribution in [0.3, 0.4) is 0 Å². The van der Waals surface area contributed by atoms with E-state index in [2.05, 4.69) is 39.9 Å². The molecule has 1 heteroatoms. The molecule has 0 saturated heterocycles. The molecule has 0 spiro atoms. The molecule has 86 valence electrons. The van der Waals surface area contributed by atoms with Gasteiger partial charge in [0, 0.05) is 6.54 Å². The van der Waals surface area contributed by atoms with Crippen LogP contribution < -0.4 is 5.32 Å². The number of hydrogen-bond donors (Lipinski definition) is 1. The van der Waals surface area contributed by atoms with E-state index in [4.69, 9.17) is 0 Å². The van der Waals surface area contributed by atoms with Crippen molar-refractivity contribution in [1.29, 1.82) is 0 Å². The number of nitrogens with one attached hydrogen (secondary N) is 1. The highest BCUT2D eigenvalue weighted by atomic mass is 14.9. The first-order valence-corrected chi connectivity index (χ1v) is 6.18. The Morgan fingerprint density at radius 2 is 1.79 bits per heavy atom. The van der Waals surface area contributed by atoms with Gasteiger partial charge in [0.1, 0.15) is 0 Å². The minimum absolute atomic E-state index is 0.476. The molecule has 0 fully saturated rings. The van der Waals surface area contributed by atoms with Crippen LogP contribution in [0.5, 0.6) is 0 Å². The summed E-state index contributed by atoms with van der Waals surface area (Å²) in [6, 6.07) is 0. The Kier molecular flexibility index (Phi) is 7.26. The molecule has 0 atom stereocenters. The Hall–Kier alpha value is -0.0400. The molecule has 0 rings (SSSR count). The summed E-state index contributed by atoms with van der Waals surface area (Å²) in [7, 11) is 0. The highest BCUT2D eigenvalue weighted by Crippen LogP contribution is 2.22. The average Bonchev–Trinajstić information content (AvgIpc) is 2.03. The second-order valence-electron chi connectivity index (χ2n) is 5.65. The molecule has 0 aromatic rings. The predicted molar refractivity (Wildman–Crippen MR) is 65.6 cm³/mol. The van der Waals surface area contributed by atoms with Gasteiger partial charge < -0.3 is 5.32 Å². The lowest BCUT2D eigenvalue weighted by Gasteiger charge is -2.25. The largest absolute Gasteiger partial charge is 0.316 e. The summed E-state index contributed by atoms with van der Waals surface area (Å²) in [6.45, 7) is 13.8. The molecule has 0 aromatic heterocycles. The van der Waals surface area contributed by atoms with Crippen molar-refractivity contribution >= 4 is 0 Å². The van der Waals surface area contributed by atoms with E-state index < -0.39 is 0 Å². The Morgan fingerprint density at radius 1 is 1.14 bits per heavy atom. The van der Waals surface area contributed by atoms with Crippen molar-refractivity contribution < 1.29 is 0 Å². The molecule has 0 saturated carbocycles. The first kappa shape index (κ1) is 14.0. The second kappa shape index (κ2) is 7.28. The molecule has 1 N–H and O–H groups in total. The van der Waals surface area contributed by atoms with Crippen molar-refractivity contribution in [3.63, 3.8) is 0 Å². The van der Waals surface area contributed by atoms with Crippen LogP contribution in [-0.2, 0) is 0 Å². The fraction of sp³-hybridized carbons (Fsp3) is 1.00. The van der Waals surface area contributed by atoms with Gasteiger partial charge in [0.05, 0.1) is 0 Å². The summed E-state index contributed by atoms with van der Waals surface area (Å²) >= 11 is 0. The molecule has 14 heavy (non-hydrogen) atoms. The van der Waals surface area contributed by atoms with Crippen molar-refractivity contribution in [2.45, 2.75) is 60.3 Å². The summed E-state index contributed by atoms with van der Waals surface area (Å²) in [5, 5.41) is 3.55. The zero-order valence-corrected chi connectivity index (χ0v) is 10.8. The molecule has 0 aliphatic carbocycles. The van der Waals surface area contributed by atoms with Crippen LogP contribution in [0.2, 0.25) is 0 Å². The third-order valence-electron chi connectivity index (χ3n) is 2.61. The smallest absolute Gasteiger partial charge is 0.000263 e. The Labute approximate surface area is 90.7 Å². The molecule has 0 unspecified atom stereocenters. The molecule has 1 nitrogen and oxygen atoms in total. The molecular formula is C13H29N. The maximum atomic E-state index is 3.55. The number of rotatable bonds is 8. The quantitative estimate of drug-likeness (QED) is 0.586. The second-order valence-corrected chi connectivity index (χ2v) is 5.65. The van der Waals surface area contributed by atoms with Gasteiger partial charge in [-0.2, -0.15) is 0 Å². The van der Waals surface area contributed by atoms with Crippen LogP contribution in [0.4, 0.5) is 0 Å². The zero-order chi connectivity index (χ0) is 11.0. The van der Waals surface area contributed by atoms with Crippen LogP contribution in [0.1, 0.15) is 60.3 Å². The number of hydrogen-bond acceptors (Lipinski definition) is 1. The summed E-state index contributed by atoms with van der Waals surface area (Å²) in [6.07, 6.45) is 5.45. The molecular weight excluding hydrogens is 170 g/mol. The van der Waals surface area contributed by atoms with E-state index in [0.717, 1.165) is 19.0 Å². The van der Waals surface area contributed by atoms with Gasteiger partial charge in [-0.25, -0.2) is 0 Å². The zero-order valence-electron chi connectivity index (χ0n) is 10.8. The van der Waals surface area contributed by atoms with Crippen molar-refractivity contribution in [2.24, 2.45) is 11.3 Å². The fourth-order valence-corrected chi connectivity index (χ4v) is 1.64. The molecule has 0 bridgehead atoms. The maximum Gasteiger partial charge on any atom is 0.000263 e. The first-order valence-electron chi connectivity index (χ1n) is 6.18. The molecule has 0 heterocycles. The Balaban J connectivity index is 3.50. The predicted octanol–water partition coefficient (Wildman–Crippen LogP) is 3.84. The normalized spacial score (nSPS) is 12.4. The van der Waals surface area contributed by atoms with E-state index in [9.17, 15) is 0 Å². The van der Waals surface area contributed by atoms with Crippen molar-refractivity contribution in [1.82, 2.24) is 5.32 Å².